The van der Waals surface area contributed by atoms with Crippen molar-refractivity contribution in [3.63, 3.8) is 0 Å². The summed E-state index contributed by atoms with van der Waals surface area (Å²) in [7, 11) is 0. The largest absolute Gasteiger partial charge is 0.365 e. The molecular weight excluding hydrogens is 270 g/mol. The van der Waals surface area contributed by atoms with Gasteiger partial charge in [-0.3, -0.25) is 4.79 Å². The molecule has 2 rings (SSSR count). The van der Waals surface area contributed by atoms with E-state index in [4.69, 9.17) is 11.6 Å². The summed E-state index contributed by atoms with van der Waals surface area (Å²) in [6.45, 7) is 3.25. The van der Waals surface area contributed by atoms with Gasteiger partial charge in [0.2, 0.25) is 0 Å². The van der Waals surface area contributed by atoms with Gasteiger partial charge in [-0.25, -0.2) is 4.98 Å². The van der Waals surface area contributed by atoms with Gasteiger partial charge < -0.3 is 9.88 Å². The van der Waals surface area contributed by atoms with Crippen LogP contribution in [0.5, 0.6) is 0 Å². The summed E-state index contributed by atoms with van der Waals surface area (Å²) in [4.78, 5) is 17.1. The molecule has 0 fully saturated rings. The highest BCUT2D eigenvalue weighted by Gasteiger charge is 2.03. The molecule has 2 aromatic heterocycles. The Morgan fingerprint density at radius 3 is 3.00 bits per heavy atom. The van der Waals surface area contributed by atoms with Gasteiger partial charge in [0.1, 0.15) is 0 Å². The molecule has 2 heterocycles. The van der Waals surface area contributed by atoms with Gasteiger partial charge in [-0.15, -0.1) is 11.3 Å². The zero-order valence-electron chi connectivity index (χ0n) is 10.0. The molecule has 18 heavy (non-hydrogen) atoms. The molecule has 0 aromatic carbocycles. The predicted molar refractivity (Wildman–Crippen MR) is 75.7 cm³/mol. The predicted octanol–water partition coefficient (Wildman–Crippen LogP) is 2.63. The third kappa shape index (κ3) is 3.11. The van der Waals surface area contributed by atoms with Gasteiger partial charge >= 0.3 is 0 Å². The number of rotatable bonds is 5. The fourth-order valence-electron chi connectivity index (χ4n) is 1.61. The maximum Gasteiger partial charge on any atom is 0.293 e. The van der Waals surface area contributed by atoms with Crippen LogP contribution in [0.4, 0.5) is 5.82 Å². The van der Waals surface area contributed by atoms with Gasteiger partial charge in [0, 0.05) is 30.4 Å². The topological polar surface area (TPSA) is 46.9 Å². The number of aromatic nitrogens is 2. The third-order valence-electron chi connectivity index (χ3n) is 2.55. The normalized spacial score (nSPS) is 10.6. The number of anilines is 1. The smallest absolute Gasteiger partial charge is 0.293 e. The standard InChI is InChI=1S/C12H14ClN3OS/c1-2-16-8-7-15-11(12(16)17)14-6-5-9-3-4-10(13)18-9/h3-4,7-8H,2,5-6H2,1H3,(H,14,15). The first kappa shape index (κ1) is 13.1. The summed E-state index contributed by atoms with van der Waals surface area (Å²) in [5.74, 6) is 0.405. The SMILES string of the molecule is CCn1ccnc(NCCc2ccc(Cl)s2)c1=O. The minimum absolute atomic E-state index is 0.0794. The summed E-state index contributed by atoms with van der Waals surface area (Å²) in [6, 6.07) is 3.88. The average molecular weight is 284 g/mol. The molecule has 0 saturated carbocycles. The van der Waals surface area contributed by atoms with E-state index in [9.17, 15) is 4.79 Å². The first-order valence-electron chi connectivity index (χ1n) is 5.74. The van der Waals surface area contributed by atoms with E-state index >= 15 is 0 Å². The van der Waals surface area contributed by atoms with E-state index in [2.05, 4.69) is 10.3 Å². The number of hydrogen-bond donors (Lipinski definition) is 1. The van der Waals surface area contributed by atoms with Crippen LogP contribution in [-0.4, -0.2) is 16.1 Å². The molecular formula is C12H14ClN3OS. The van der Waals surface area contributed by atoms with Gasteiger partial charge in [-0.2, -0.15) is 0 Å². The number of nitrogens with zero attached hydrogens (tertiary/aromatic N) is 2. The van der Waals surface area contributed by atoms with Crippen LogP contribution in [0.3, 0.4) is 0 Å². The molecule has 0 atom stereocenters. The highest BCUT2D eigenvalue weighted by atomic mass is 35.5. The molecule has 0 unspecified atom stereocenters. The van der Waals surface area contributed by atoms with E-state index in [0.29, 0.717) is 18.9 Å². The fourth-order valence-corrected chi connectivity index (χ4v) is 2.69. The molecule has 4 nitrogen and oxygen atoms in total. The fraction of sp³-hybridized carbons (Fsp3) is 0.333. The zero-order chi connectivity index (χ0) is 13.0. The summed E-state index contributed by atoms with van der Waals surface area (Å²) in [5, 5.41) is 3.06. The molecule has 0 aliphatic heterocycles. The number of halogens is 1. The second kappa shape index (κ2) is 6.02. The van der Waals surface area contributed by atoms with Crippen molar-refractivity contribution in [1.29, 1.82) is 0 Å². The Hall–Kier alpha value is -1.33. The van der Waals surface area contributed by atoms with Gasteiger partial charge in [0.15, 0.2) is 5.82 Å². The Labute approximate surface area is 114 Å². The number of hydrogen-bond acceptors (Lipinski definition) is 4. The second-order valence-corrected chi connectivity index (χ2v) is 5.55. The molecule has 0 radical (unpaired) electrons. The van der Waals surface area contributed by atoms with E-state index in [-0.39, 0.29) is 5.56 Å². The van der Waals surface area contributed by atoms with Crippen LogP contribution in [-0.2, 0) is 13.0 Å². The number of aryl methyl sites for hydroxylation is 1. The molecule has 0 aliphatic rings. The van der Waals surface area contributed by atoms with Crippen molar-refractivity contribution >= 4 is 28.8 Å². The maximum absolute atomic E-state index is 11.9. The van der Waals surface area contributed by atoms with Crippen LogP contribution in [0.15, 0.2) is 29.3 Å². The van der Waals surface area contributed by atoms with E-state index in [0.717, 1.165) is 10.8 Å². The molecule has 0 amide bonds. The van der Waals surface area contributed by atoms with Crippen LogP contribution < -0.4 is 10.9 Å². The van der Waals surface area contributed by atoms with Crippen molar-refractivity contribution in [3.8, 4) is 0 Å². The van der Waals surface area contributed by atoms with E-state index < -0.39 is 0 Å². The molecule has 2 aromatic rings. The Kier molecular flexibility index (Phi) is 4.38. The van der Waals surface area contributed by atoms with Crippen molar-refractivity contribution < 1.29 is 0 Å². The van der Waals surface area contributed by atoms with Crippen molar-refractivity contribution in [2.45, 2.75) is 19.9 Å². The van der Waals surface area contributed by atoms with E-state index in [1.165, 1.54) is 4.88 Å². The third-order valence-corrected chi connectivity index (χ3v) is 3.84. The summed E-state index contributed by atoms with van der Waals surface area (Å²) >= 11 is 7.41. The highest BCUT2D eigenvalue weighted by Crippen LogP contribution is 2.21. The lowest BCUT2D eigenvalue weighted by Crippen LogP contribution is -2.24. The van der Waals surface area contributed by atoms with Gasteiger partial charge in [-0.1, -0.05) is 11.6 Å². The minimum atomic E-state index is -0.0794. The van der Waals surface area contributed by atoms with Crippen molar-refractivity contribution in [2.75, 3.05) is 11.9 Å². The van der Waals surface area contributed by atoms with Gasteiger partial charge in [0.25, 0.3) is 5.56 Å². The summed E-state index contributed by atoms with van der Waals surface area (Å²) in [5.41, 5.74) is -0.0794. The number of thiophene rings is 1. The molecule has 0 saturated heterocycles. The lowest BCUT2D eigenvalue weighted by Gasteiger charge is -2.06. The molecule has 96 valence electrons. The first-order chi connectivity index (χ1) is 8.70. The van der Waals surface area contributed by atoms with Gasteiger partial charge in [0.05, 0.1) is 4.34 Å². The zero-order valence-corrected chi connectivity index (χ0v) is 11.6. The summed E-state index contributed by atoms with van der Waals surface area (Å²) in [6.07, 6.45) is 4.15. The lowest BCUT2D eigenvalue weighted by atomic mass is 10.3. The molecule has 0 bridgehead atoms. The monoisotopic (exact) mass is 283 g/mol. The Morgan fingerprint density at radius 1 is 1.50 bits per heavy atom. The van der Waals surface area contributed by atoms with Crippen molar-refractivity contribution in [3.05, 3.63) is 44.1 Å². The summed E-state index contributed by atoms with van der Waals surface area (Å²) < 4.78 is 2.41. The maximum atomic E-state index is 11.9. The Balaban J connectivity index is 1.96. The van der Waals surface area contributed by atoms with Crippen LogP contribution in [0.2, 0.25) is 4.34 Å². The van der Waals surface area contributed by atoms with Crippen molar-refractivity contribution in [2.24, 2.45) is 0 Å². The van der Waals surface area contributed by atoms with Crippen LogP contribution in [0.1, 0.15) is 11.8 Å². The van der Waals surface area contributed by atoms with Crippen LogP contribution in [0, 0.1) is 0 Å². The Bertz CT molecular complexity index is 579. The molecule has 0 aliphatic carbocycles. The van der Waals surface area contributed by atoms with Crippen molar-refractivity contribution in [1.82, 2.24) is 9.55 Å². The quantitative estimate of drug-likeness (QED) is 0.918. The first-order valence-corrected chi connectivity index (χ1v) is 6.93. The minimum Gasteiger partial charge on any atom is -0.365 e. The highest BCUT2D eigenvalue weighted by molar-refractivity contribution is 7.16. The number of nitrogens with one attached hydrogen (secondary N) is 1. The molecule has 6 heteroatoms. The second-order valence-electron chi connectivity index (χ2n) is 3.75. The lowest BCUT2D eigenvalue weighted by molar-refractivity contribution is 0.718. The van der Waals surface area contributed by atoms with Gasteiger partial charge in [-0.05, 0) is 25.5 Å². The van der Waals surface area contributed by atoms with E-state index in [1.54, 1.807) is 28.3 Å². The Morgan fingerprint density at radius 2 is 2.33 bits per heavy atom. The van der Waals surface area contributed by atoms with Crippen LogP contribution >= 0.6 is 22.9 Å². The van der Waals surface area contributed by atoms with E-state index in [1.807, 2.05) is 19.1 Å². The van der Waals surface area contributed by atoms with Crippen LogP contribution in [0.25, 0.3) is 0 Å². The molecule has 0 spiro atoms. The molecule has 1 N–H and O–H groups in total. The average Bonchev–Trinajstić information content (AvgIpc) is 2.77.